The van der Waals surface area contributed by atoms with Crippen molar-refractivity contribution in [3.8, 4) is 5.75 Å². The summed E-state index contributed by atoms with van der Waals surface area (Å²) in [7, 11) is 0. The summed E-state index contributed by atoms with van der Waals surface area (Å²) in [6.45, 7) is 5.38. The first-order valence-electron chi connectivity index (χ1n) is 6.34. The van der Waals surface area contributed by atoms with Crippen molar-refractivity contribution in [2.45, 2.75) is 26.7 Å². The quantitative estimate of drug-likeness (QED) is 0.785. The smallest absolute Gasteiger partial charge is 0.251 e. The Kier molecular flexibility index (Phi) is 3.45. The number of rotatable bonds is 5. The molecular weight excluding hydrogens is 228 g/mol. The van der Waals surface area contributed by atoms with Crippen molar-refractivity contribution in [3.05, 3.63) is 23.8 Å². The van der Waals surface area contributed by atoms with Gasteiger partial charge in [0.1, 0.15) is 5.75 Å². The minimum Gasteiger partial charge on any atom is -0.492 e. The highest BCUT2D eigenvalue weighted by atomic mass is 16.5. The Balaban J connectivity index is 1.99. The second kappa shape index (κ2) is 4.88. The first-order chi connectivity index (χ1) is 8.54. The maximum Gasteiger partial charge on any atom is 0.251 e. The van der Waals surface area contributed by atoms with Crippen molar-refractivity contribution < 1.29 is 9.53 Å². The zero-order valence-electron chi connectivity index (χ0n) is 11.0. The molecule has 0 bridgehead atoms. The number of carbonyl (C=O) groups excluding carboxylic acids is 1. The van der Waals surface area contributed by atoms with Gasteiger partial charge >= 0.3 is 0 Å². The minimum absolute atomic E-state index is 0.0714. The Bertz CT molecular complexity index is 453. The van der Waals surface area contributed by atoms with Crippen LogP contribution in [0, 0.1) is 5.41 Å². The van der Waals surface area contributed by atoms with E-state index in [4.69, 9.17) is 10.5 Å². The molecule has 3 N–H and O–H groups in total. The van der Waals surface area contributed by atoms with Gasteiger partial charge in [0.2, 0.25) is 0 Å². The number of anilines is 1. The molecule has 0 heterocycles. The van der Waals surface area contributed by atoms with Crippen LogP contribution in [-0.2, 0) is 0 Å². The number of nitrogen functional groups attached to an aromatic ring is 1. The molecule has 1 saturated carbocycles. The van der Waals surface area contributed by atoms with Gasteiger partial charge in [-0.2, -0.15) is 0 Å². The standard InChI is InChI=1S/C14H20N2O2/c1-3-18-12-5-4-10(8-11(12)15)13(17)16-9-14(2)6-7-14/h4-5,8H,3,6-7,9,15H2,1-2H3,(H,16,17). The van der Waals surface area contributed by atoms with Gasteiger partial charge in [-0.15, -0.1) is 0 Å². The molecular formula is C14H20N2O2. The van der Waals surface area contributed by atoms with Crippen LogP contribution in [0.5, 0.6) is 5.75 Å². The van der Waals surface area contributed by atoms with Crippen LogP contribution in [0.25, 0.3) is 0 Å². The van der Waals surface area contributed by atoms with Gasteiger partial charge in [0, 0.05) is 12.1 Å². The molecule has 2 rings (SSSR count). The van der Waals surface area contributed by atoms with Gasteiger partial charge < -0.3 is 15.8 Å². The van der Waals surface area contributed by atoms with E-state index in [9.17, 15) is 4.79 Å². The topological polar surface area (TPSA) is 64.3 Å². The predicted molar refractivity (Wildman–Crippen MR) is 71.7 cm³/mol. The maximum atomic E-state index is 11.9. The average molecular weight is 248 g/mol. The van der Waals surface area contributed by atoms with Crippen molar-refractivity contribution in [1.82, 2.24) is 5.32 Å². The van der Waals surface area contributed by atoms with Crippen molar-refractivity contribution in [1.29, 1.82) is 0 Å². The molecule has 0 spiro atoms. The van der Waals surface area contributed by atoms with E-state index in [1.54, 1.807) is 18.2 Å². The minimum atomic E-state index is -0.0714. The van der Waals surface area contributed by atoms with Crippen LogP contribution in [0.15, 0.2) is 18.2 Å². The second-order valence-corrected chi connectivity index (χ2v) is 5.18. The number of benzene rings is 1. The van der Waals surface area contributed by atoms with E-state index in [2.05, 4.69) is 12.2 Å². The Morgan fingerprint density at radius 2 is 2.22 bits per heavy atom. The lowest BCUT2D eigenvalue weighted by Crippen LogP contribution is -2.29. The summed E-state index contributed by atoms with van der Waals surface area (Å²) >= 11 is 0. The van der Waals surface area contributed by atoms with E-state index in [-0.39, 0.29) is 5.91 Å². The highest BCUT2D eigenvalue weighted by Crippen LogP contribution is 2.44. The lowest BCUT2D eigenvalue weighted by Gasteiger charge is -2.11. The van der Waals surface area contributed by atoms with Crippen LogP contribution < -0.4 is 15.8 Å². The SMILES string of the molecule is CCOc1ccc(C(=O)NCC2(C)CC2)cc1N. The zero-order valence-corrected chi connectivity index (χ0v) is 11.0. The molecule has 0 atom stereocenters. The number of amides is 1. The average Bonchev–Trinajstić information content (AvgIpc) is 3.08. The molecule has 4 nitrogen and oxygen atoms in total. The molecule has 1 aliphatic rings. The lowest BCUT2D eigenvalue weighted by atomic mass is 10.1. The van der Waals surface area contributed by atoms with Gasteiger partial charge in [-0.05, 0) is 43.4 Å². The molecule has 0 aromatic heterocycles. The predicted octanol–water partition coefficient (Wildman–Crippen LogP) is 2.20. The Morgan fingerprint density at radius 1 is 1.50 bits per heavy atom. The number of nitrogens with two attached hydrogens (primary N) is 1. The summed E-state index contributed by atoms with van der Waals surface area (Å²) in [6.07, 6.45) is 2.39. The second-order valence-electron chi connectivity index (χ2n) is 5.18. The highest BCUT2D eigenvalue weighted by molar-refractivity contribution is 5.95. The summed E-state index contributed by atoms with van der Waals surface area (Å²) < 4.78 is 5.34. The van der Waals surface area contributed by atoms with Crippen LogP contribution in [-0.4, -0.2) is 19.1 Å². The van der Waals surface area contributed by atoms with Gasteiger partial charge in [0.05, 0.1) is 12.3 Å². The van der Waals surface area contributed by atoms with Gasteiger partial charge in [-0.1, -0.05) is 6.92 Å². The molecule has 0 aliphatic heterocycles. The first-order valence-corrected chi connectivity index (χ1v) is 6.34. The molecule has 1 amide bonds. The van der Waals surface area contributed by atoms with Crippen molar-refractivity contribution in [2.75, 3.05) is 18.9 Å². The fourth-order valence-electron chi connectivity index (χ4n) is 1.76. The van der Waals surface area contributed by atoms with Crippen molar-refractivity contribution in [2.24, 2.45) is 5.41 Å². The Labute approximate surface area is 108 Å². The van der Waals surface area contributed by atoms with Crippen molar-refractivity contribution in [3.63, 3.8) is 0 Å². The highest BCUT2D eigenvalue weighted by Gasteiger charge is 2.37. The van der Waals surface area contributed by atoms with E-state index in [1.807, 2.05) is 6.92 Å². The van der Waals surface area contributed by atoms with Gasteiger partial charge in [0.15, 0.2) is 0 Å². The molecule has 1 aromatic rings. The third-order valence-electron chi connectivity index (χ3n) is 3.35. The van der Waals surface area contributed by atoms with Gasteiger partial charge in [-0.3, -0.25) is 4.79 Å². The molecule has 0 unspecified atom stereocenters. The molecule has 0 saturated heterocycles. The summed E-state index contributed by atoms with van der Waals surface area (Å²) in [4.78, 5) is 11.9. The van der Waals surface area contributed by atoms with Crippen LogP contribution in [0.4, 0.5) is 5.69 Å². The molecule has 1 aliphatic carbocycles. The van der Waals surface area contributed by atoms with E-state index < -0.39 is 0 Å². The number of ether oxygens (including phenoxy) is 1. The zero-order chi connectivity index (χ0) is 13.2. The van der Waals surface area contributed by atoms with E-state index >= 15 is 0 Å². The maximum absolute atomic E-state index is 11.9. The molecule has 98 valence electrons. The summed E-state index contributed by atoms with van der Waals surface area (Å²) in [5, 5.41) is 2.94. The molecule has 1 fully saturated rings. The van der Waals surface area contributed by atoms with Crippen LogP contribution in [0.3, 0.4) is 0 Å². The molecule has 4 heteroatoms. The van der Waals surface area contributed by atoms with Gasteiger partial charge in [0.25, 0.3) is 5.91 Å². The molecule has 0 radical (unpaired) electrons. The van der Waals surface area contributed by atoms with Gasteiger partial charge in [-0.25, -0.2) is 0 Å². The molecule has 1 aromatic carbocycles. The van der Waals surface area contributed by atoms with Crippen LogP contribution in [0.2, 0.25) is 0 Å². The van der Waals surface area contributed by atoms with E-state index in [0.717, 1.165) is 6.54 Å². The fraction of sp³-hybridized carbons (Fsp3) is 0.500. The third kappa shape index (κ3) is 2.94. The Morgan fingerprint density at radius 3 is 2.78 bits per heavy atom. The number of carbonyl (C=O) groups is 1. The normalized spacial score (nSPS) is 16.1. The number of hydrogen-bond donors (Lipinski definition) is 2. The summed E-state index contributed by atoms with van der Waals surface area (Å²) in [6, 6.07) is 5.15. The first kappa shape index (κ1) is 12.7. The Hall–Kier alpha value is -1.71. The van der Waals surface area contributed by atoms with E-state index in [1.165, 1.54) is 12.8 Å². The van der Waals surface area contributed by atoms with Crippen LogP contribution >= 0.6 is 0 Å². The lowest BCUT2D eigenvalue weighted by molar-refractivity contribution is 0.0946. The van der Waals surface area contributed by atoms with E-state index in [0.29, 0.717) is 29.0 Å². The third-order valence-corrected chi connectivity index (χ3v) is 3.35. The number of nitrogens with one attached hydrogen (secondary N) is 1. The number of hydrogen-bond acceptors (Lipinski definition) is 3. The molecule has 18 heavy (non-hydrogen) atoms. The summed E-state index contributed by atoms with van der Waals surface area (Å²) in [5.41, 5.74) is 7.23. The monoisotopic (exact) mass is 248 g/mol. The van der Waals surface area contributed by atoms with Crippen LogP contribution in [0.1, 0.15) is 37.0 Å². The fourth-order valence-corrected chi connectivity index (χ4v) is 1.76. The van der Waals surface area contributed by atoms with Crippen molar-refractivity contribution >= 4 is 11.6 Å². The largest absolute Gasteiger partial charge is 0.492 e. The summed E-state index contributed by atoms with van der Waals surface area (Å²) in [5.74, 6) is 0.557.